The molecule has 164 valence electrons. The lowest BCUT2D eigenvalue weighted by Gasteiger charge is -2.32. The molecule has 1 N–H and O–H groups in total. The van der Waals surface area contributed by atoms with Crippen molar-refractivity contribution in [3.05, 3.63) is 48.5 Å². The Kier molecular flexibility index (Phi) is 5.33. The Morgan fingerprint density at radius 2 is 0.742 bits per heavy atom. The second-order valence-corrected chi connectivity index (χ2v) is 10.5. The highest BCUT2D eigenvalue weighted by molar-refractivity contribution is 6.62. The first kappa shape index (κ1) is 22.4. The lowest BCUT2D eigenvalue weighted by molar-refractivity contribution is 0.00578. The number of benzene rings is 2. The van der Waals surface area contributed by atoms with Crippen LogP contribution in [-0.4, -0.2) is 36.6 Å². The minimum Gasteiger partial charge on any atom is -0.399 e. The van der Waals surface area contributed by atoms with Gasteiger partial charge in [0.05, 0.1) is 22.4 Å². The molecule has 31 heavy (non-hydrogen) atoms. The van der Waals surface area contributed by atoms with Crippen LogP contribution in [0.15, 0.2) is 48.5 Å². The highest BCUT2D eigenvalue weighted by Gasteiger charge is 2.52. The van der Waals surface area contributed by atoms with Gasteiger partial charge in [0.1, 0.15) is 0 Å². The van der Waals surface area contributed by atoms with Crippen molar-refractivity contribution < 1.29 is 18.6 Å². The first-order chi connectivity index (χ1) is 14.3. The summed E-state index contributed by atoms with van der Waals surface area (Å²) < 4.78 is 24.5. The van der Waals surface area contributed by atoms with Crippen LogP contribution in [0.5, 0.6) is 0 Å². The van der Waals surface area contributed by atoms with Gasteiger partial charge in [0.2, 0.25) is 0 Å². The van der Waals surface area contributed by atoms with E-state index in [0.717, 1.165) is 22.3 Å². The molecule has 7 heteroatoms. The number of hydrogen-bond acceptors (Lipinski definition) is 5. The molecule has 0 atom stereocenters. The van der Waals surface area contributed by atoms with E-state index in [4.69, 9.17) is 18.6 Å². The predicted molar refractivity (Wildman–Crippen MR) is 128 cm³/mol. The quantitative estimate of drug-likeness (QED) is 0.756. The molecule has 2 aromatic carbocycles. The van der Waals surface area contributed by atoms with Crippen molar-refractivity contribution in [1.29, 1.82) is 0 Å². The smallest absolute Gasteiger partial charge is 0.399 e. The maximum Gasteiger partial charge on any atom is 0.494 e. The molecule has 2 aromatic rings. The molecule has 0 unspecified atom stereocenters. The van der Waals surface area contributed by atoms with E-state index >= 15 is 0 Å². The second kappa shape index (κ2) is 7.38. The lowest BCUT2D eigenvalue weighted by Crippen LogP contribution is -2.41. The van der Waals surface area contributed by atoms with Crippen LogP contribution in [0.4, 0.5) is 11.4 Å². The summed E-state index contributed by atoms with van der Waals surface area (Å²) in [6.45, 7) is 16.5. The Hall–Kier alpha value is -1.79. The molecular formula is C24H33B2NO4. The highest BCUT2D eigenvalue weighted by Crippen LogP contribution is 2.37. The molecule has 0 bridgehead atoms. The summed E-state index contributed by atoms with van der Waals surface area (Å²) >= 11 is 0. The van der Waals surface area contributed by atoms with Crippen LogP contribution in [0.3, 0.4) is 0 Å². The molecule has 2 fully saturated rings. The fourth-order valence-corrected chi connectivity index (χ4v) is 3.57. The summed E-state index contributed by atoms with van der Waals surface area (Å²) in [6, 6.07) is 16.4. The van der Waals surface area contributed by atoms with Crippen molar-refractivity contribution in [1.82, 2.24) is 0 Å². The number of hydrogen-bond donors (Lipinski definition) is 1. The predicted octanol–water partition coefficient (Wildman–Crippen LogP) is 4.03. The molecule has 2 heterocycles. The van der Waals surface area contributed by atoms with Gasteiger partial charge >= 0.3 is 14.2 Å². The van der Waals surface area contributed by atoms with Gasteiger partial charge in [-0.05, 0) is 90.6 Å². The zero-order valence-electron chi connectivity index (χ0n) is 19.9. The normalized spacial score (nSPS) is 23.2. The van der Waals surface area contributed by atoms with Crippen LogP contribution in [0, 0.1) is 0 Å². The standard InChI is InChI=1S/C24H33B2NO4/c1-21(2)22(3,4)29-25(28-21)17-9-13-19(14-10-17)27-20-15-11-18(12-16-20)26-30-23(5,6)24(7,8)31-26/h9-16,27H,1-8H3. The van der Waals surface area contributed by atoms with E-state index in [9.17, 15) is 0 Å². The van der Waals surface area contributed by atoms with Gasteiger partial charge in [-0.1, -0.05) is 24.3 Å². The zero-order chi connectivity index (χ0) is 22.7. The average Bonchev–Trinajstić information content (AvgIpc) is 3.02. The SMILES string of the molecule is CC1(C)OB(c2ccc(Nc3ccc(B4OC(C)(C)C(C)(C)O4)cc3)cc2)OC1(C)C. The van der Waals surface area contributed by atoms with E-state index in [1.165, 1.54) is 0 Å². The molecule has 0 saturated carbocycles. The van der Waals surface area contributed by atoms with Gasteiger partial charge in [0, 0.05) is 11.4 Å². The number of anilines is 2. The maximum atomic E-state index is 6.13. The molecule has 0 amide bonds. The van der Waals surface area contributed by atoms with Gasteiger partial charge < -0.3 is 23.9 Å². The summed E-state index contributed by atoms with van der Waals surface area (Å²) in [4.78, 5) is 0. The third-order valence-electron chi connectivity index (χ3n) is 7.16. The second-order valence-electron chi connectivity index (χ2n) is 10.5. The van der Waals surface area contributed by atoms with Gasteiger partial charge in [0.15, 0.2) is 0 Å². The molecule has 2 aliphatic rings. The summed E-state index contributed by atoms with van der Waals surface area (Å²) in [7, 11) is -0.698. The van der Waals surface area contributed by atoms with E-state index in [1.807, 2.05) is 48.5 Å². The van der Waals surface area contributed by atoms with E-state index in [-0.39, 0.29) is 36.6 Å². The minimum absolute atomic E-state index is 0.340. The lowest BCUT2D eigenvalue weighted by atomic mass is 9.79. The third kappa shape index (κ3) is 4.17. The molecule has 5 nitrogen and oxygen atoms in total. The Bertz CT molecular complexity index is 830. The van der Waals surface area contributed by atoms with E-state index in [0.29, 0.717) is 0 Å². The van der Waals surface area contributed by atoms with E-state index < -0.39 is 0 Å². The van der Waals surface area contributed by atoms with Crippen LogP contribution < -0.4 is 16.2 Å². The van der Waals surface area contributed by atoms with Gasteiger partial charge in [-0.15, -0.1) is 0 Å². The Morgan fingerprint density at radius 3 is 1.00 bits per heavy atom. The Morgan fingerprint density at radius 1 is 0.484 bits per heavy atom. The maximum absolute atomic E-state index is 6.13. The molecule has 0 radical (unpaired) electrons. The Balaban J connectivity index is 1.40. The molecule has 0 aliphatic carbocycles. The van der Waals surface area contributed by atoms with Gasteiger partial charge in [-0.25, -0.2) is 0 Å². The van der Waals surface area contributed by atoms with Crippen molar-refractivity contribution in [2.24, 2.45) is 0 Å². The first-order valence-corrected chi connectivity index (χ1v) is 11.0. The first-order valence-electron chi connectivity index (χ1n) is 11.0. The van der Waals surface area contributed by atoms with Crippen LogP contribution in [-0.2, 0) is 18.6 Å². The molecule has 0 aromatic heterocycles. The van der Waals surface area contributed by atoms with Gasteiger partial charge in [0.25, 0.3) is 0 Å². The van der Waals surface area contributed by atoms with E-state index in [2.05, 4.69) is 60.7 Å². The summed E-state index contributed by atoms with van der Waals surface area (Å²) in [5, 5.41) is 3.44. The topological polar surface area (TPSA) is 49.0 Å². The van der Waals surface area contributed by atoms with Crippen molar-refractivity contribution in [2.45, 2.75) is 77.8 Å². The summed E-state index contributed by atoms with van der Waals surface area (Å²) in [5.74, 6) is 0. The summed E-state index contributed by atoms with van der Waals surface area (Å²) in [6.07, 6.45) is 0. The highest BCUT2D eigenvalue weighted by atomic mass is 16.7. The molecule has 2 aliphatic heterocycles. The monoisotopic (exact) mass is 421 g/mol. The van der Waals surface area contributed by atoms with Crippen molar-refractivity contribution in [3.63, 3.8) is 0 Å². The largest absolute Gasteiger partial charge is 0.494 e. The number of nitrogens with one attached hydrogen (secondary N) is 1. The van der Waals surface area contributed by atoms with E-state index in [1.54, 1.807) is 0 Å². The van der Waals surface area contributed by atoms with Crippen LogP contribution in [0.2, 0.25) is 0 Å². The van der Waals surface area contributed by atoms with Crippen molar-refractivity contribution in [2.75, 3.05) is 5.32 Å². The average molecular weight is 421 g/mol. The molecule has 2 saturated heterocycles. The Labute approximate surface area is 187 Å². The van der Waals surface area contributed by atoms with Gasteiger partial charge in [-0.2, -0.15) is 0 Å². The fraction of sp³-hybridized carbons (Fsp3) is 0.500. The van der Waals surface area contributed by atoms with Crippen molar-refractivity contribution >= 4 is 36.5 Å². The van der Waals surface area contributed by atoms with Crippen LogP contribution >= 0.6 is 0 Å². The third-order valence-corrected chi connectivity index (χ3v) is 7.16. The van der Waals surface area contributed by atoms with Crippen LogP contribution in [0.1, 0.15) is 55.4 Å². The summed E-state index contributed by atoms with van der Waals surface area (Å²) in [5.41, 5.74) is 2.68. The van der Waals surface area contributed by atoms with Crippen molar-refractivity contribution in [3.8, 4) is 0 Å². The molecule has 0 spiro atoms. The molecule has 4 rings (SSSR count). The van der Waals surface area contributed by atoms with Gasteiger partial charge in [-0.3, -0.25) is 0 Å². The minimum atomic E-state index is -0.349. The number of rotatable bonds is 4. The zero-order valence-corrected chi connectivity index (χ0v) is 19.9. The fourth-order valence-electron chi connectivity index (χ4n) is 3.57. The van der Waals surface area contributed by atoms with Crippen LogP contribution in [0.25, 0.3) is 0 Å². The molecular weight excluding hydrogens is 388 g/mol.